The maximum Gasteiger partial charge on any atom is 0.0723 e. The molecule has 0 bridgehead atoms. The van der Waals surface area contributed by atoms with Crippen molar-refractivity contribution in [1.82, 2.24) is 4.98 Å². The van der Waals surface area contributed by atoms with E-state index in [0.717, 1.165) is 16.9 Å². The molecule has 1 aliphatic rings. The standard InChI is InChI=1S/C19H24NP.Ir/c1-21(2,17-10-4-3-5-11-17)18-12-8-9-16(15-18)19-13-6-7-14-20-19;/h6-8,12-15,17H,3-5,10-11H2,1-2H3;. The normalized spacial score (nSPS) is 16.1. The molecule has 0 spiro atoms. The summed E-state index contributed by atoms with van der Waals surface area (Å²) >= 11 is 0. The van der Waals surface area contributed by atoms with Crippen LogP contribution in [0.2, 0.25) is 0 Å². The van der Waals surface area contributed by atoms with E-state index in [-0.39, 0.29) is 20.1 Å². The van der Waals surface area contributed by atoms with Crippen molar-refractivity contribution in [3.8, 4) is 11.3 Å². The molecule has 0 amide bonds. The Morgan fingerprint density at radius 1 is 1.09 bits per heavy atom. The van der Waals surface area contributed by atoms with Crippen molar-refractivity contribution >= 4 is 12.6 Å². The summed E-state index contributed by atoms with van der Waals surface area (Å²) in [6.07, 6.45) is 8.95. The second-order valence-corrected chi connectivity index (χ2v) is 10.8. The Bertz CT molecular complexity index is 591. The fourth-order valence-corrected chi connectivity index (χ4v) is 6.42. The van der Waals surface area contributed by atoms with E-state index >= 15 is 0 Å². The Balaban J connectivity index is 0.00000176. The quantitative estimate of drug-likeness (QED) is 0.447. The van der Waals surface area contributed by atoms with Gasteiger partial charge in [-0.05, 0) is 37.4 Å². The van der Waals surface area contributed by atoms with Crippen LogP contribution in [-0.4, -0.2) is 24.0 Å². The molecule has 1 aromatic heterocycles. The number of pyridine rings is 1. The number of aromatic nitrogens is 1. The van der Waals surface area contributed by atoms with Gasteiger partial charge >= 0.3 is 0 Å². The molecule has 0 aliphatic heterocycles. The predicted molar refractivity (Wildman–Crippen MR) is 93.8 cm³/mol. The topological polar surface area (TPSA) is 12.9 Å². The molecule has 1 heterocycles. The van der Waals surface area contributed by atoms with Gasteiger partial charge in [-0.2, -0.15) is 0 Å². The zero-order valence-corrected chi connectivity index (χ0v) is 16.7. The number of rotatable bonds is 3. The summed E-state index contributed by atoms with van der Waals surface area (Å²) in [5, 5.41) is 1.54. The van der Waals surface area contributed by atoms with Crippen LogP contribution >= 0.6 is 7.26 Å². The first-order chi connectivity index (χ1) is 10.2. The molecule has 22 heavy (non-hydrogen) atoms. The second kappa shape index (κ2) is 7.82. The molecule has 1 nitrogen and oxygen atoms in total. The Hall–Kier alpha value is -0.551. The van der Waals surface area contributed by atoms with Gasteiger partial charge in [-0.25, -0.2) is 0 Å². The first-order valence-electron chi connectivity index (χ1n) is 7.95. The van der Waals surface area contributed by atoms with E-state index in [1.54, 1.807) is 0 Å². The maximum absolute atomic E-state index is 4.47. The van der Waals surface area contributed by atoms with Gasteiger partial charge in [-0.3, -0.25) is 0 Å². The smallest absolute Gasteiger partial charge is 0.0723 e. The summed E-state index contributed by atoms with van der Waals surface area (Å²) in [5.74, 6) is 0. The molecule has 1 radical (unpaired) electrons. The molecule has 3 heteroatoms. The molecule has 119 valence electrons. The minimum absolute atomic E-state index is 0. The third-order valence-electron chi connectivity index (χ3n) is 4.88. The molecular weight excluding hydrogens is 465 g/mol. The van der Waals surface area contributed by atoms with Crippen LogP contribution in [0, 0.1) is 6.07 Å². The van der Waals surface area contributed by atoms with Crippen molar-refractivity contribution < 1.29 is 20.1 Å². The molecular formula is C19H24IrNP. The number of hydrogen-bond donors (Lipinski definition) is 0. The summed E-state index contributed by atoms with van der Waals surface area (Å²) in [6.45, 7) is 5.03. The Kier molecular flexibility index (Phi) is 6.33. The summed E-state index contributed by atoms with van der Waals surface area (Å²) in [5.41, 5.74) is 3.07. The summed E-state index contributed by atoms with van der Waals surface area (Å²) < 4.78 is 0. The van der Waals surface area contributed by atoms with Gasteiger partial charge in [0, 0.05) is 38.9 Å². The summed E-state index contributed by atoms with van der Waals surface area (Å²) in [6, 6.07) is 16.1. The van der Waals surface area contributed by atoms with Gasteiger partial charge in [-0.1, -0.05) is 18.6 Å². The van der Waals surface area contributed by atoms with Crippen LogP contribution in [0.15, 0.2) is 42.6 Å². The molecule has 0 saturated heterocycles. The Morgan fingerprint density at radius 3 is 2.55 bits per heavy atom. The van der Waals surface area contributed by atoms with Crippen LogP contribution in [0.4, 0.5) is 0 Å². The van der Waals surface area contributed by atoms with Gasteiger partial charge in [0.1, 0.15) is 0 Å². The molecule has 1 aliphatic carbocycles. The van der Waals surface area contributed by atoms with Crippen molar-refractivity contribution in [3.05, 3.63) is 48.7 Å². The molecule has 0 N–H and O–H groups in total. The zero-order valence-electron chi connectivity index (χ0n) is 13.4. The molecule has 1 fully saturated rings. The van der Waals surface area contributed by atoms with Crippen molar-refractivity contribution in [2.45, 2.75) is 37.8 Å². The van der Waals surface area contributed by atoms with Gasteiger partial charge in [-0.15, -0.1) is 29.8 Å². The minimum atomic E-state index is -1.07. The molecule has 1 aromatic carbocycles. The van der Waals surface area contributed by atoms with E-state index in [2.05, 4.69) is 48.6 Å². The molecule has 0 unspecified atom stereocenters. The van der Waals surface area contributed by atoms with Crippen molar-refractivity contribution in [3.63, 3.8) is 0 Å². The average molecular weight is 490 g/mol. The second-order valence-electron chi connectivity index (χ2n) is 6.51. The molecule has 0 atom stereocenters. The van der Waals surface area contributed by atoms with Crippen LogP contribution in [0.1, 0.15) is 32.1 Å². The predicted octanol–water partition coefficient (Wildman–Crippen LogP) is 4.78. The maximum atomic E-state index is 4.47. The fourth-order valence-electron chi connectivity index (χ4n) is 3.42. The van der Waals surface area contributed by atoms with E-state index in [0.29, 0.717) is 0 Å². The van der Waals surface area contributed by atoms with E-state index in [1.807, 2.05) is 18.3 Å². The van der Waals surface area contributed by atoms with Crippen LogP contribution in [-0.2, 0) is 20.1 Å². The van der Waals surface area contributed by atoms with Gasteiger partial charge in [0.25, 0.3) is 0 Å². The van der Waals surface area contributed by atoms with Crippen molar-refractivity contribution in [2.24, 2.45) is 0 Å². The molecule has 3 rings (SSSR count). The first kappa shape index (κ1) is 17.8. The van der Waals surface area contributed by atoms with Gasteiger partial charge in [0.15, 0.2) is 0 Å². The monoisotopic (exact) mass is 490 g/mol. The number of nitrogens with zero attached hydrogens (tertiary/aromatic N) is 1. The van der Waals surface area contributed by atoms with Gasteiger partial charge < -0.3 is 4.98 Å². The van der Waals surface area contributed by atoms with E-state index in [4.69, 9.17) is 0 Å². The fraction of sp³-hybridized carbons (Fsp3) is 0.421. The first-order valence-corrected chi connectivity index (χ1v) is 10.7. The van der Waals surface area contributed by atoms with E-state index in [1.165, 1.54) is 37.4 Å². The molecule has 1 saturated carbocycles. The Morgan fingerprint density at radius 2 is 1.86 bits per heavy atom. The third kappa shape index (κ3) is 3.85. The third-order valence-corrected chi connectivity index (χ3v) is 8.83. The SMILES string of the molecule is C[P+](C)(c1cc[c-]c(-c2ccccn2)c1)C1CCCCC1.[Ir]. The van der Waals surface area contributed by atoms with Crippen LogP contribution < -0.4 is 5.30 Å². The number of hydrogen-bond acceptors (Lipinski definition) is 1. The van der Waals surface area contributed by atoms with Gasteiger partial charge in [0.05, 0.1) is 19.0 Å². The van der Waals surface area contributed by atoms with Crippen molar-refractivity contribution in [1.29, 1.82) is 0 Å². The van der Waals surface area contributed by atoms with Crippen LogP contribution in [0.25, 0.3) is 11.3 Å². The number of benzene rings is 1. The van der Waals surface area contributed by atoms with Crippen molar-refractivity contribution in [2.75, 3.05) is 13.3 Å². The van der Waals surface area contributed by atoms with E-state index < -0.39 is 7.26 Å². The average Bonchev–Trinajstić information content (AvgIpc) is 2.57. The minimum Gasteiger partial charge on any atom is -0.305 e. The summed E-state index contributed by atoms with van der Waals surface area (Å²) in [4.78, 5) is 4.47. The van der Waals surface area contributed by atoms with Gasteiger partial charge in [0.2, 0.25) is 0 Å². The van der Waals surface area contributed by atoms with E-state index in [9.17, 15) is 0 Å². The zero-order chi connectivity index (χ0) is 14.7. The Labute approximate surface area is 148 Å². The largest absolute Gasteiger partial charge is 0.305 e. The van der Waals surface area contributed by atoms with Crippen LogP contribution in [0.5, 0.6) is 0 Å². The summed E-state index contributed by atoms with van der Waals surface area (Å²) in [7, 11) is -1.07. The van der Waals surface area contributed by atoms with Crippen LogP contribution in [0.3, 0.4) is 0 Å². The molecule has 2 aromatic rings.